The molecule has 40 heavy (non-hydrogen) atoms. The van der Waals surface area contributed by atoms with Gasteiger partial charge in [-0.15, -0.1) is 0 Å². The van der Waals surface area contributed by atoms with Crippen LogP contribution in [0.5, 0.6) is 5.75 Å². The van der Waals surface area contributed by atoms with Crippen LogP contribution in [-0.2, 0) is 23.1 Å². The van der Waals surface area contributed by atoms with Crippen LogP contribution in [0.1, 0.15) is 80.3 Å². The van der Waals surface area contributed by atoms with E-state index in [2.05, 4.69) is 16.5 Å². The Kier molecular flexibility index (Phi) is 8.98. The van der Waals surface area contributed by atoms with E-state index in [9.17, 15) is 18.3 Å². The van der Waals surface area contributed by atoms with Gasteiger partial charge >= 0.3 is 0 Å². The third-order valence-electron chi connectivity index (χ3n) is 9.14. The number of anilines is 1. The number of hydrogen-bond donors (Lipinski definition) is 2. The molecule has 1 saturated carbocycles. The lowest BCUT2D eigenvalue weighted by molar-refractivity contribution is 0.00157. The molecule has 2 N–H and O–H groups in total. The second kappa shape index (κ2) is 12.3. The maximum absolute atomic E-state index is 13.2. The van der Waals surface area contributed by atoms with E-state index < -0.39 is 27.3 Å². The summed E-state index contributed by atoms with van der Waals surface area (Å²) in [7, 11) is -3.85. The van der Waals surface area contributed by atoms with Gasteiger partial charge in [0.2, 0.25) is 10.0 Å². The third kappa shape index (κ3) is 6.60. The van der Waals surface area contributed by atoms with Crippen molar-refractivity contribution in [3.8, 4) is 5.75 Å². The van der Waals surface area contributed by atoms with Crippen molar-refractivity contribution in [3.63, 3.8) is 0 Å². The van der Waals surface area contributed by atoms with Crippen LogP contribution in [0.25, 0.3) is 0 Å². The van der Waals surface area contributed by atoms with Crippen molar-refractivity contribution < 1.29 is 23.1 Å². The normalized spacial score (nSPS) is 29.4. The van der Waals surface area contributed by atoms with Crippen molar-refractivity contribution in [3.05, 3.63) is 58.1 Å². The highest BCUT2D eigenvalue weighted by Crippen LogP contribution is 2.42. The molecule has 0 unspecified atom stereocenters. The molecule has 7 nitrogen and oxygen atoms in total. The van der Waals surface area contributed by atoms with E-state index in [1.807, 2.05) is 18.2 Å². The van der Waals surface area contributed by atoms with E-state index in [-0.39, 0.29) is 17.4 Å². The van der Waals surface area contributed by atoms with Gasteiger partial charge in [0.05, 0.1) is 17.0 Å². The van der Waals surface area contributed by atoms with E-state index in [1.165, 1.54) is 5.56 Å². The zero-order valence-corrected chi connectivity index (χ0v) is 25.0. The summed E-state index contributed by atoms with van der Waals surface area (Å²) >= 11 is 6.30. The first-order chi connectivity index (χ1) is 19.1. The highest BCUT2D eigenvalue weighted by Gasteiger charge is 2.38. The van der Waals surface area contributed by atoms with Gasteiger partial charge in [-0.2, -0.15) is 0 Å². The number of nitrogens with one attached hydrogen (secondary N) is 1. The number of fused-ring (bicyclic) bond motifs is 3. The molecule has 0 spiro atoms. The predicted molar refractivity (Wildman–Crippen MR) is 158 cm³/mol. The number of aliphatic hydroxyl groups is 1. The molecule has 0 saturated heterocycles. The summed E-state index contributed by atoms with van der Waals surface area (Å²) in [6.07, 6.45) is 6.23. The fourth-order valence-electron chi connectivity index (χ4n) is 6.36. The molecule has 5 atom stereocenters. The van der Waals surface area contributed by atoms with Gasteiger partial charge in [0.25, 0.3) is 5.91 Å². The largest absolute Gasteiger partial charge is 0.487 e. The number of halogens is 1. The number of amides is 1. The third-order valence-corrected chi connectivity index (χ3v) is 11.1. The number of rotatable bonds is 0. The Hall–Kier alpha value is -2.29. The monoisotopic (exact) mass is 588 g/mol. The van der Waals surface area contributed by atoms with E-state index in [4.69, 9.17) is 16.3 Å². The molecule has 0 radical (unpaired) electrons. The van der Waals surface area contributed by atoms with E-state index in [0.717, 1.165) is 56.4 Å². The van der Waals surface area contributed by atoms with Crippen molar-refractivity contribution in [1.29, 1.82) is 0 Å². The average Bonchev–Trinajstić information content (AvgIpc) is 2.92. The molecule has 2 heterocycles. The SMILES string of the molecule is C[C@H]1CC[C@@H](C)S(=O)(=O)NC(=O)c2ccc3c(c2)N(CCCCc2cc(Cl)ccc2CO3)C[C@@H]2CC[C@H]2[C@H](O)C1. The first-order valence-electron chi connectivity index (χ1n) is 14.6. The number of nitrogens with zero attached hydrogens (tertiary/aromatic N) is 1. The van der Waals surface area contributed by atoms with Crippen LogP contribution in [0, 0.1) is 17.8 Å². The maximum Gasteiger partial charge on any atom is 0.264 e. The molecule has 2 bridgehead atoms. The van der Waals surface area contributed by atoms with Gasteiger partial charge < -0.3 is 14.7 Å². The van der Waals surface area contributed by atoms with Crippen LogP contribution >= 0.6 is 11.6 Å². The minimum absolute atomic E-state index is 0.193. The van der Waals surface area contributed by atoms with Gasteiger partial charge in [0.15, 0.2) is 0 Å². The lowest BCUT2D eigenvalue weighted by Crippen LogP contribution is -2.44. The Labute approximate surface area is 243 Å². The van der Waals surface area contributed by atoms with Crippen LogP contribution in [0.3, 0.4) is 0 Å². The van der Waals surface area contributed by atoms with Crippen LogP contribution in [-0.4, -0.2) is 43.9 Å². The summed E-state index contributed by atoms with van der Waals surface area (Å²) < 4.78 is 34.7. The quantitative estimate of drug-likeness (QED) is 0.409. The number of benzene rings is 2. The minimum atomic E-state index is -3.85. The maximum atomic E-state index is 13.2. The Morgan fingerprint density at radius 2 is 1.85 bits per heavy atom. The lowest BCUT2D eigenvalue weighted by atomic mass is 9.68. The molecule has 2 aromatic rings. The summed E-state index contributed by atoms with van der Waals surface area (Å²) in [5.74, 6) is 0.790. The summed E-state index contributed by atoms with van der Waals surface area (Å²) in [6.45, 7) is 5.60. The molecule has 1 aliphatic carbocycles. The molecule has 1 fully saturated rings. The standard InChI is InChI=1S/C31H41ClN2O5S/c1-20-6-7-21(2)40(37,38)33-31(36)23-10-13-30-28(17-23)34(18-24-9-12-27(24)29(35)15-20)14-4-3-5-22-16-26(32)11-8-25(22)19-39-30/h8,10-11,13,16-17,20-21,24,27,29,35H,3-7,9,12,14-15,18-19H2,1-2H3,(H,33,36)/t20-,21+,24-,27+,29+/m0/s1. The van der Waals surface area contributed by atoms with E-state index in [0.29, 0.717) is 42.6 Å². The van der Waals surface area contributed by atoms with Crippen molar-refractivity contribution in [2.24, 2.45) is 17.8 Å². The van der Waals surface area contributed by atoms with Crippen LogP contribution in [0.4, 0.5) is 5.69 Å². The Bertz CT molecular complexity index is 1330. The number of carbonyl (C=O) groups excluding carboxylic acids is 1. The first-order valence-corrected chi connectivity index (χ1v) is 16.6. The van der Waals surface area contributed by atoms with E-state index >= 15 is 0 Å². The first kappa shape index (κ1) is 29.2. The predicted octanol–water partition coefficient (Wildman–Crippen LogP) is 5.72. The molecule has 2 aliphatic heterocycles. The molecule has 2 aromatic carbocycles. The summed E-state index contributed by atoms with van der Waals surface area (Å²) in [5, 5.41) is 11.2. The van der Waals surface area contributed by atoms with Crippen molar-refractivity contribution in [2.45, 2.75) is 83.2 Å². The van der Waals surface area contributed by atoms with Crippen molar-refractivity contribution in [2.75, 3.05) is 18.0 Å². The lowest BCUT2D eigenvalue weighted by Gasteiger charge is -2.44. The van der Waals surface area contributed by atoms with Gasteiger partial charge in [-0.25, -0.2) is 13.1 Å². The number of aryl methyl sites for hydroxylation is 1. The number of carbonyl (C=O) groups is 1. The van der Waals surface area contributed by atoms with Gasteiger partial charge in [-0.1, -0.05) is 24.6 Å². The smallest absolute Gasteiger partial charge is 0.264 e. The molecule has 218 valence electrons. The number of ether oxygens (including phenoxy) is 1. The Morgan fingerprint density at radius 3 is 2.62 bits per heavy atom. The minimum Gasteiger partial charge on any atom is -0.487 e. The fourth-order valence-corrected chi connectivity index (χ4v) is 7.58. The fraction of sp³-hybridized carbons (Fsp3) is 0.581. The summed E-state index contributed by atoms with van der Waals surface area (Å²) in [4.78, 5) is 15.5. The molecule has 0 aromatic heterocycles. The van der Waals surface area contributed by atoms with Gasteiger partial charge in [-0.05, 0) is 118 Å². The highest BCUT2D eigenvalue weighted by atomic mass is 35.5. The second-order valence-electron chi connectivity index (χ2n) is 12.1. The van der Waals surface area contributed by atoms with Gasteiger partial charge in [0.1, 0.15) is 12.4 Å². The van der Waals surface area contributed by atoms with Crippen molar-refractivity contribution in [1.82, 2.24) is 4.72 Å². The van der Waals surface area contributed by atoms with Crippen LogP contribution < -0.4 is 14.4 Å². The number of hydrogen-bond acceptors (Lipinski definition) is 6. The average molecular weight is 589 g/mol. The van der Waals surface area contributed by atoms with Crippen LogP contribution in [0.2, 0.25) is 5.02 Å². The molecule has 5 rings (SSSR count). The number of sulfonamides is 1. The van der Waals surface area contributed by atoms with Crippen LogP contribution in [0.15, 0.2) is 36.4 Å². The molecule has 3 aliphatic rings. The zero-order chi connectivity index (χ0) is 28.4. The molecule has 9 heteroatoms. The summed E-state index contributed by atoms with van der Waals surface area (Å²) in [6, 6.07) is 11.1. The zero-order valence-electron chi connectivity index (χ0n) is 23.4. The Morgan fingerprint density at radius 1 is 1.02 bits per heavy atom. The number of aliphatic hydroxyl groups excluding tert-OH is 1. The topological polar surface area (TPSA) is 95.9 Å². The highest BCUT2D eigenvalue weighted by molar-refractivity contribution is 7.90. The van der Waals surface area contributed by atoms with Gasteiger partial charge in [0, 0.05) is 23.7 Å². The summed E-state index contributed by atoms with van der Waals surface area (Å²) in [5.41, 5.74) is 3.34. The van der Waals surface area contributed by atoms with Crippen molar-refractivity contribution >= 4 is 33.2 Å². The molecule has 1 amide bonds. The Balaban J connectivity index is 1.52. The second-order valence-corrected chi connectivity index (χ2v) is 14.6. The van der Waals surface area contributed by atoms with Gasteiger partial charge in [-0.3, -0.25) is 4.79 Å². The molecular formula is C31H41ClN2O5S. The van der Waals surface area contributed by atoms with E-state index in [1.54, 1.807) is 25.1 Å². The molecular weight excluding hydrogens is 548 g/mol.